The molecule has 12 heavy (non-hydrogen) atoms. The summed E-state index contributed by atoms with van der Waals surface area (Å²) in [6.07, 6.45) is 0.512. The van der Waals surface area contributed by atoms with Crippen LogP contribution in [0.5, 0.6) is 0 Å². The van der Waals surface area contributed by atoms with Gasteiger partial charge in [0.25, 0.3) is 0 Å². The van der Waals surface area contributed by atoms with Gasteiger partial charge in [0.2, 0.25) is 0 Å². The Hall–Kier alpha value is -1.04. The van der Waals surface area contributed by atoms with Crippen molar-refractivity contribution in [3.8, 4) is 0 Å². The van der Waals surface area contributed by atoms with Crippen molar-refractivity contribution in [3.05, 3.63) is 11.4 Å². The van der Waals surface area contributed by atoms with Gasteiger partial charge >= 0.3 is 12.0 Å². The average Bonchev–Trinajstić information content (AvgIpc) is 1.85. The van der Waals surface area contributed by atoms with Crippen molar-refractivity contribution in [1.29, 1.82) is 0 Å². The van der Waals surface area contributed by atoms with Crippen LogP contribution in [0.15, 0.2) is 0 Å². The van der Waals surface area contributed by atoms with Crippen molar-refractivity contribution >= 4 is 5.97 Å². The zero-order chi connectivity index (χ0) is 9.78. The maximum atomic E-state index is 11.2. The molecule has 0 radical (unpaired) electrons. The second-order valence-corrected chi connectivity index (χ2v) is 3.59. The molecule has 0 aromatic rings. The summed E-state index contributed by atoms with van der Waals surface area (Å²) in [4.78, 5) is 14.4. The van der Waals surface area contributed by atoms with E-state index in [1.807, 2.05) is 0 Å². The van der Waals surface area contributed by atoms with Crippen LogP contribution < -0.4 is 0 Å². The van der Waals surface area contributed by atoms with E-state index in [1.165, 1.54) is 0 Å². The fourth-order valence-corrected chi connectivity index (χ4v) is 0.680. The lowest BCUT2D eigenvalue weighted by atomic mass is 10.2. The molecule has 3 heteroatoms. The highest BCUT2D eigenvalue weighted by Gasteiger charge is 2.27. The summed E-state index contributed by atoms with van der Waals surface area (Å²) in [5, 5.41) is 0. The van der Waals surface area contributed by atoms with Crippen LogP contribution in [0.3, 0.4) is 0 Å². The van der Waals surface area contributed by atoms with Crippen molar-refractivity contribution in [2.24, 2.45) is 0 Å². The highest BCUT2D eigenvalue weighted by Crippen LogP contribution is 2.10. The molecule has 1 atom stereocenters. The van der Waals surface area contributed by atoms with Gasteiger partial charge < -0.3 is 9.58 Å². The molecule has 0 aliphatic carbocycles. The quantitative estimate of drug-likeness (QED) is 0.467. The number of hydrogen-bond donors (Lipinski definition) is 0. The third kappa shape index (κ3) is 3.97. The molecule has 0 heterocycles. The largest absolute Gasteiger partial charge is 0.454 e. The Balaban J connectivity index is 4.14. The van der Waals surface area contributed by atoms with E-state index in [9.17, 15) is 4.79 Å². The normalized spacial score (nSPS) is 13.2. The lowest BCUT2D eigenvalue weighted by Gasteiger charge is -2.19. The number of carbonyl (C=O) groups is 1. The molecule has 0 spiro atoms. The highest BCUT2D eigenvalue weighted by molar-refractivity contribution is 5.77. The van der Waals surface area contributed by atoms with Crippen LogP contribution in [0.25, 0.3) is 4.85 Å². The summed E-state index contributed by atoms with van der Waals surface area (Å²) >= 11 is 0. The molecule has 0 saturated heterocycles. The molecular formula is C9H15NO2. The molecule has 0 aromatic carbocycles. The summed E-state index contributed by atoms with van der Waals surface area (Å²) in [5.41, 5.74) is -0.491. The van der Waals surface area contributed by atoms with Gasteiger partial charge in [-0.25, -0.2) is 11.4 Å². The van der Waals surface area contributed by atoms with Gasteiger partial charge in [-0.1, -0.05) is 6.92 Å². The van der Waals surface area contributed by atoms with Crippen LogP contribution in [0.1, 0.15) is 34.1 Å². The first-order valence-electron chi connectivity index (χ1n) is 4.00. The van der Waals surface area contributed by atoms with Gasteiger partial charge in [0.1, 0.15) is 5.60 Å². The Morgan fingerprint density at radius 1 is 1.58 bits per heavy atom. The standard InChI is InChI=1S/C9H15NO2/c1-6-7(10-5)8(11)12-9(2,3)4/h7H,6H2,1-4H3/t7-/m1/s1. The minimum Gasteiger partial charge on any atom is -0.454 e. The van der Waals surface area contributed by atoms with Gasteiger partial charge in [0.15, 0.2) is 0 Å². The minimum absolute atomic E-state index is 0.417. The van der Waals surface area contributed by atoms with Crippen molar-refractivity contribution in [2.45, 2.75) is 45.8 Å². The zero-order valence-electron chi connectivity index (χ0n) is 8.05. The molecule has 68 valence electrons. The lowest BCUT2D eigenvalue weighted by Crippen LogP contribution is -2.29. The summed E-state index contributed by atoms with van der Waals surface area (Å²) in [5.74, 6) is -0.417. The van der Waals surface area contributed by atoms with Crippen LogP contribution in [0, 0.1) is 6.57 Å². The van der Waals surface area contributed by atoms with Crippen molar-refractivity contribution in [3.63, 3.8) is 0 Å². The molecular weight excluding hydrogens is 154 g/mol. The van der Waals surface area contributed by atoms with Crippen molar-refractivity contribution < 1.29 is 9.53 Å². The zero-order valence-corrected chi connectivity index (χ0v) is 8.05. The SMILES string of the molecule is [C-]#[N+][C@H](CC)C(=O)OC(C)(C)C. The van der Waals surface area contributed by atoms with E-state index in [-0.39, 0.29) is 0 Å². The summed E-state index contributed by atoms with van der Waals surface area (Å²) in [6.45, 7) is 13.9. The van der Waals surface area contributed by atoms with Crippen LogP contribution in [0.4, 0.5) is 0 Å². The number of esters is 1. The predicted molar refractivity (Wildman–Crippen MR) is 46.5 cm³/mol. The van der Waals surface area contributed by atoms with E-state index in [4.69, 9.17) is 11.3 Å². The number of hydrogen-bond acceptors (Lipinski definition) is 2. The molecule has 0 N–H and O–H groups in total. The van der Waals surface area contributed by atoms with E-state index in [2.05, 4.69) is 4.85 Å². The van der Waals surface area contributed by atoms with Gasteiger partial charge in [-0.15, -0.1) is 0 Å². The predicted octanol–water partition coefficient (Wildman–Crippen LogP) is 2.03. The first kappa shape index (κ1) is 11.0. The molecule has 0 unspecified atom stereocenters. The third-order valence-corrected chi connectivity index (χ3v) is 1.22. The first-order chi connectivity index (χ1) is 5.40. The molecule has 3 nitrogen and oxygen atoms in total. The van der Waals surface area contributed by atoms with Gasteiger partial charge in [0, 0.05) is 6.42 Å². The van der Waals surface area contributed by atoms with Gasteiger partial charge in [0.05, 0.1) is 0 Å². The van der Waals surface area contributed by atoms with Crippen LogP contribution in [0.2, 0.25) is 0 Å². The summed E-state index contributed by atoms with van der Waals surface area (Å²) in [6, 6.07) is -0.635. The van der Waals surface area contributed by atoms with Gasteiger partial charge in [-0.3, -0.25) is 0 Å². The van der Waals surface area contributed by atoms with Crippen molar-refractivity contribution in [1.82, 2.24) is 0 Å². The monoisotopic (exact) mass is 169 g/mol. The Morgan fingerprint density at radius 3 is 2.33 bits per heavy atom. The fraction of sp³-hybridized carbons (Fsp3) is 0.778. The Bertz CT molecular complexity index is 198. The summed E-state index contributed by atoms with van der Waals surface area (Å²) < 4.78 is 5.03. The van der Waals surface area contributed by atoms with E-state index in [1.54, 1.807) is 27.7 Å². The van der Waals surface area contributed by atoms with E-state index in [0.29, 0.717) is 6.42 Å². The Kier molecular flexibility index (Phi) is 3.75. The lowest BCUT2D eigenvalue weighted by molar-refractivity contribution is -0.155. The molecule has 0 rings (SSSR count). The van der Waals surface area contributed by atoms with Gasteiger partial charge in [-0.2, -0.15) is 0 Å². The Labute approximate surface area is 73.5 Å². The molecule has 0 bridgehead atoms. The second-order valence-electron chi connectivity index (χ2n) is 3.59. The number of ether oxygens (including phenoxy) is 1. The average molecular weight is 169 g/mol. The Morgan fingerprint density at radius 2 is 2.08 bits per heavy atom. The molecule has 0 aliphatic heterocycles. The summed E-state index contributed by atoms with van der Waals surface area (Å²) in [7, 11) is 0. The van der Waals surface area contributed by atoms with E-state index < -0.39 is 17.6 Å². The van der Waals surface area contributed by atoms with Gasteiger partial charge in [-0.05, 0) is 20.8 Å². The fourth-order valence-electron chi connectivity index (χ4n) is 0.680. The number of nitrogens with zero attached hydrogens (tertiary/aromatic N) is 1. The molecule has 0 amide bonds. The van der Waals surface area contributed by atoms with Crippen LogP contribution >= 0.6 is 0 Å². The highest BCUT2D eigenvalue weighted by atomic mass is 16.6. The molecule has 0 aliphatic rings. The molecule has 0 fully saturated rings. The smallest absolute Gasteiger partial charge is 0.390 e. The third-order valence-electron chi connectivity index (χ3n) is 1.22. The van der Waals surface area contributed by atoms with Crippen molar-refractivity contribution in [2.75, 3.05) is 0 Å². The second kappa shape index (κ2) is 4.10. The topological polar surface area (TPSA) is 30.7 Å². The molecule has 0 aromatic heterocycles. The van der Waals surface area contributed by atoms with Crippen LogP contribution in [-0.2, 0) is 9.53 Å². The van der Waals surface area contributed by atoms with Crippen LogP contribution in [-0.4, -0.2) is 17.6 Å². The van der Waals surface area contributed by atoms with E-state index in [0.717, 1.165) is 0 Å². The molecule has 0 saturated carbocycles. The maximum Gasteiger partial charge on any atom is 0.390 e. The van der Waals surface area contributed by atoms with E-state index >= 15 is 0 Å². The number of carbonyl (C=O) groups excluding carboxylic acids is 1. The number of rotatable bonds is 2. The maximum absolute atomic E-state index is 11.2. The minimum atomic E-state index is -0.635. The first-order valence-corrected chi connectivity index (χ1v) is 4.00.